The molecule has 0 bridgehead atoms. The van der Waals surface area contributed by atoms with Gasteiger partial charge in [-0.1, -0.05) is 53.5 Å². The van der Waals surface area contributed by atoms with Crippen LogP contribution < -0.4 is 20.9 Å². The lowest BCUT2D eigenvalue weighted by Gasteiger charge is -2.36. The highest BCUT2D eigenvalue weighted by Gasteiger charge is 2.23. The van der Waals surface area contributed by atoms with Gasteiger partial charge in [-0.3, -0.25) is 19.5 Å². The molecule has 1 aliphatic rings. The van der Waals surface area contributed by atoms with Crippen LogP contribution in [0.25, 0.3) is 11.4 Å². The van der Waals surface area contributed by atoms with Crippen molar-refractivity contribution in [2.45, 2.75) is 6.92 Å². The maximum Gasteiger partial charge on any atom is 0.239 e. The van der Waals surface area contributed by atoms with Gasteiger partial charge in [0.05, 0.1) is 22.3 Å². The lowest BCUT2D eigenvalue weighted by molar-refractivity contribution is -0.119. The largest absolute Gasteiger partial charge is 0.368 e. The van der Waals surface area contributed by atoms with E-state index in [0.29, 0.717) is 66.8 Å². The van der Waals surface area contributed by atoms with Crippen molar-refractivity contribution in [1.29, 1.82) is 0 Å². The highest BCUT2D eigenvalue weighted by Crippen LogP contribution is 2.33. The number of rotatable bonds is 9. The van der Waals surface area contributed by atoms with Crippen LogP contribution >= 0.6 is 23.2 Å². The minimum Gasteiger partial charge on any atom is -0.368 e. The molecule has 0 atom stereocenters. The van der Waals surface area contributed by atoms with Gasteiger partial charge in [0.1, 0.15) is 11.6 Å². The molecule has 3 N–H and O–H groups in total. The zero-order valence-electron chi connectivity index (χ0n) is 20.4. The molecule has 0 spiro atoms. The van der Waals surface area contributed by atoms with Gasteiger partial charge in [-0.25, -0.2) is 9.97 Å². The molecule has 10 nitrogen and oxygen atoms in total. The van der Waals surface area contributed by atoms with Crippen LogP contribution in [-0.4, -0.2) is 77.5 Å². The van der Waals surface area contributed by atoms with Crippen LogP contribution in [0.5, 0.6) is 0 Å². The van der Waals surface area contributed by atoms with Crippen molar-refractivity contribution in [3.8, 4) is 11.4 Å². The second-order valence-corrected chi connectivity index (χ2v) is 9.32. The molecule has 1 fully saturated rings. The van der Waals surface area contributed by atoms with Crippen molar-refractivity contribution in [2.75, 3.05) is 61.3 Å². The van der Waals surface area contributed by atoms with Gasteiger partial charge in [0.15, 0.2) is 5.82 Å². The van der Waals surface area contributed by atoms with Crippen LogP contribution in [0, 0.1) is 0 Å². The van der Waals surface area contributed by atoms with Gasteiger partial charge in [0.25, 0.3) is 0 Å². The van der Waals surface area contributed by atoms with E-state index in [4.69, 9.17) is 23.2 Å². The van der Waals surface area contributed by atoms with Crippen molar-refractivity contribution in [3.63, 3.8) is 0 Å². The molecule has 3 aromatic rings. The van der Waals surface area contributed by atoms with Gasteiger partial charge in [-0.2, -0.15) is 0 Å². The third kappa shape index (κ3) is 7.51. The maximum atomic E-state index is 12.9. The minimum absolute atomic E-state index is 0.102. The molecule has 2 amide bonds. The summed E-state index contributed by atoms with van der Waals surface area (Å²) in [5.74, 6) is 1.16. The number of carbonyl (C=O) groups excluding carboxylic acids is 2. The summed E-state index contributed by atoms with van der Waals surface area (Å²) in [6.45, 7) is 5.35. The molecule has 0 radical (unpaired) electrons. The molecule has 2 aromatic heterocycles. The number of carbonyl (C=O) groups is 2. The standard InChI is InChI=1S/C25H28Cl2N8O2/c1-17(36)29-7-8-30-21-13-22(33-25(32-21)18-5-3-2-4-6-18)31-23(37)16-34-9-11-35(12-10-34)24-19(26)14-28-15-20(24)27/h2-6,13-15H,7-12,16H2,1H3,(H,29,36)(H2,30,31,32,33,37). The molecular weight excluding hydrogens is 515 g/mol. The molecule has 1 saturated heterocycles. The summed E-state index contributed by atoms with van der Waals surface area (Å²) < 4.78 is 0. The summed E-state index contributed by atoms with van der Waals surface area (Å²) >= 11 is 12.6. The third-order valence-electron chi connectivity index (χ3n) is 5.71. The summed E-state index contributed by atoms with van der Waals surface area (Å²) in [4.78, 5) is 41.3. The molecule has 194 valence electrons. The van der Waals surface area contributed by atoms with E-state index in [1.54, 1.807) is 18.5 Å². The Balaban J connectivity index is 1.38. The summed E-state index contributed by atoms with van der Waals surface area (Å²) in [6, 6.07) is 11.2. The lowest BCUT2D eigenvalue weighted by Crippen LogP contribution is -2.48. The fourth-order valence-electron chi connectivity index (χ4n) is 3.97. The van der Waals surface area contributed by atoms with Gasteiger partial charge in [-0.05, 0) is 0 Å². The number of piperazine rings is 1. The van der Waals surface area contributed by atoms with E-state index in [-0.39, 0.29) is 18.4 Å². The average molecular weight is 543 g/mol. The number of hydrogen-bond acceptors (Lipinski definition) is 8. The summed E-state index contributed by atoms with van der Waals surface area (Å²) in [6.07, 6.45) is 3.16. The molecular formula is C25H28Cl2N8O2. The smallest absolute Gasteiger partial charge is 0.239 e. The zero-order valence-corrected chi connectivity index (χ0v) is 21.9. The van der Waals surface area contributed by atoms with E-state index < -0.39 is 0 Å². The second-order valence-electron chi connectivity index (χ2n) is 8.50. The molecule has 12 heteroatoms. The minimum atomic E-state index is -0.171. The van der Waals surface area contributed by atoms with Crippen LogP contribution in [0.3, 0.4) is 0 Å². The predicted molar refractivity (Wildman–Crippen MR) is 146 cm³/mol. The van der Waals surface area contributed by atoms with Gasteiger partial charge in [0, 0.05) is 70.2 Å². The Bertz CT molecular complexity index is 1220. The van der Waals surface area contributed by atoms with E-state index in [9.17, 15) is 9.59 Å². The van der Waals surface area contributed by atoms with Crippen molar-refractivity contribution >= 4 is 52.3 Å². The number of amides is 2. The topological polar surface area (TPSA) is 115 Å². The summed E-state index contributed by atoms with van der Waals surface area (Å²) in [5.41, 5.74) is 1.60. The number of anilines is 3. The molecule has 1 aromatic carbocycles. The molecule has 0 unspecified atom stereocenters. The SMILES string of the molecule is CC(=O)NCCNc1cc(NC(=O)CN2CCN(c3c(Cl)cncc3Cl)CC2)nc(-c2ccccc2)n1. The molecule has 1 aliphatic heterocycles. The van der Waals surface area contributed by atoms with Crippen LogP contribution in [0.15, 0.2) is 48.8 Å². The molecule has 0 aliphatic carbocycles. The van der Waals surface area contributed by atoms with Crippen molar-refractivity contribution in [2.24, 2.45) is 0 Å². The fourth-order valence-corrected chi connectivity index (χ4v) is 4.57. The number of benzene rings is 1. The monoisotopic (exact) mass is 542 g/mol. The Hall–Kier alpha value is -3.47. The van der Waals surface area contributed by atoms with E-state index in [0.717, 1.165) is 11.3 Å². The fraction of sp³-hybridized carbons (Fsp3) is 0.320. The van der Waals surface area contributed by atoms with Crippen molar-refractivity contribution in [3.05, 3.63) is 58.8 Å². The predicted octanol–water partition coefficient (Wildman–Crippen LogP) is 3.15. The normalized spacial score (nSPS) is 13.8. The highest BCUT2D eigenvalue weighted by molar-refractivity contribution is 6.38. The van der Waals surface area contributed by atoms with E-state index in [2.05, 4.69) is 40.7 Å². The second kappa shape index (κ2) is 12.7. The van der Waals surface area contributed by atoms with E-state index in [1.165, 1.54) is 6.92 Å². The first kappa shape index (κ1) is 26.6. The highest BCUT2D eigenvalue weighted by atomic mass is 35.5. The molecule has 0 saturated carbocycles. The molecule has 4 rings (SSSR count). The number of nitrogens with one attached hydrogen (secondary N) is 3. The van der Waals surface area contributed by atoms with E-state index in [1.807, 2.05) is 30.3 Å². The zero-order chi connectivity index (χ0) is 26.2. The first-order valence-electron chi connectivity index (χ1n) is 11.9. The maximum absolute atomic E-state index is 12.9. The Kier molecular flexibility index (Phi) is 9.10. The number of halogens is 2. The number of hydrogen-bond donors (Lipinski definition) is 3. The van der Waals surface area contributed by atoms with Gasteiger partial charge >= 0.3 is 0 Å². The molecule has 3 heterocycles. The Morgan fingerprint density at radius 3 is 2.30 bits per heavy atom. The number of aromatic nitrogens is 3. The van der Waals surface area contributed by atoms with Gasteiger partial charge in [0.2, 0.25) is 11.8 Å². The summed E-state index contributed by atoms with van der Waals surface area (Å²) in [5, 5.41) is 9.84. The van der Waals surface area contributed by atoms with Crippen LogP contribution in [0.1, 0.15) is 6.92 Å². The van der Waals surface area contributed by atoms with Crippen LogP contribution in [0.4, 0.5) is 17.3 Å². The Labute approximate surface area is 225 Å². The van der Waals surface area contributed by atoms with Crippen molar-refractivity contribution in [1.82, 2.24) is 25.2 Å². The van der Waals surface area contributed by atoms with Gasteiger partial charge in [-0.15, -0.1) is 0 Å². The Morgan fingerprint density at radius 1 is 0.946 bits per heavy atom. The quantitative estimate of drug-likeness (QED) is 0.353. The molecule has 37 heavy (non-hydrogen) atoms. The first-order valence-corrected chi connectivity index (χ1v) is 12.6. The number of nitrogens with zero attached hydrogens (tertiary/aromatic N) is 5. The third-order valence-corrected chi connectivity index (χ3v) is 6.27. The van der Waals surface area contributed by atoms with Crippen molar-refractivity contribution < 1.29 is 9.59 Å². The lowest BCUT2D eigenvalue weighted by atomic mass is 10.2. The summed E-state index contributed by atoms with van der Waals surface area (Å²) in [7, 11) is 0. The average Bonchev–Trinajstić information content (AvgIpc) is 2.88. The van der Waals surface area contributed by atoms with Crippen LogP contribution in [0.2, 0.25) is 10.0 Å². The first-order chi connectivity index (χ1) is 17.9. The van der Waals surface area contributed by atoms with Crippen LogP contribution in [-0.2, 0) is 9.59 Å². The van der Waals surface area contributed by atoms with E-state index >= 15 is 0 Å². The number of pyridine rings is 1. The van der Waals surface area contributed by atoms with Gasteiger partial charge < -0.3 is 20.9 Å². The Morgan fingerprint density at radius 2 is 1.62 bits per heavy atom.